The van der Waals surface area contributed by atoms with Crippen LogP contribution in [0.25, 0.3) is 0 Å². The van der Waals surface area contributed by atoms with Crippen LogP contribution in [-0.2, 0) is 9.59 Å². The summed E-state index contributed by atoms with van der Waals surface area (Å²) in [6.07, 6.45) is 0. The number of benzene rings is 2. The standard InChI is InChI=1S/C17H14F2N2O2S/c1-10(24-15-8-11(18)6-7-12(15)19)17(23)21-9-16(22)20-13-4-2-3-5-14(13)21/h2-8,10H,9H2,1H3,(H,20,22)/t10-/m0/s1. The summed E-state index contributed by atoms with van der Waals surface area (Å²) in [5.74, 6) is -1.79. The lowest BCUT2D eigenvalue weighted by Crippen LogP contribution is -2.45. The molecule has 1 heterocycles. The van der Waals surface area contributed by atoms with Crippen molar-refractivity contribution in [1.82, 2.24) is 0 Å². The topological polar surface area (TPSA) is 49.4 Å². The van der Waals surface area contributed by atoms with Crippen LogP contribution in [-0.4, -0.2) is 23.6 Å². The van der Waals surface area contributed by atoms with Crippen LogP contribution in [0, 0.1) is 11.6 Å². The van der Waals surface area contributed by atoms with Crippen LogP contribution < -0.4 is 10.2 Å². The summed E-state index contributed by atoms with van der Waals surface area (Å²) in [5, 5.41) is 2.02. The van der Waals surface area contributed by atoms with Crippen LogP contribution >= 0.6 is 11.8 Å². The number of carbonyl (C=O) groups excluding carboxylic acids is 2. The first-order valence-corrected chi connectivity index (χ1v) is 8.15. The molecular weight excluding hydrogens is 334 g/mol. The fourth-order valence-corrected chi connectivity index (χ4v) is 3.43. The molecule has 24 heavy (non-hydrogen) atoms. The quantitative estimate of drug-likeness (QED) is 0.865. The first kappa shape index (κ1) is 16.4. The SMILES string of the molecule is C[C@H](Sc1cc(F)ccc1F)C(=O)N1CC(=O)Nc2ccccc21. The van der Waals surface area contributed by atoms with Gasteiger partial charge in [0, 0.05) is 4.90 Å². The fourth-order valence-electron chi connectivity index (χ4n) is 2.46. The molecule has 0 aliphatic carbocycles. The van der Waals surface area contributed by atoms with E-state index in [1.54, 1.807) is 31.2 Å². The van der Waals surface area contributed by atoms with Gasteiger partial charge >= 0.3 is 0 Å². The third kappa shape index (κ3) is 3.26. The van der Waals surface area contributed by atoms with Gasteiger partial charge in [0.2, 0.25) is 11.8 Å². The molecule has 0 spiro atoms. The molecule has 3 rings (SSSR count). The van der Waals surface area contributed by atoms with E-state index in [0.29, 0.717) is 11.4 Å². The molecular formula is C17H14F2N2O2S. The molecule has 2 aromatic carbocycles. The lowest BCUT2D eigenvalue weighted by atomic mass is 10.2. The summed E-state index contributed by atoms with van der Waals surface area (Å²) in [6, 6.07) is 10.1. The van der Waals surface area contributed by atoms with Crippen LogP contribution in [0.4, 0.5) is 20.2 Å². The van der Waals surface area contributed by atoms with Crippen molar-refractivity contribution in [1.29, 1.82) is 0 Å². The number of rotatable bonds is 3. The number of nitrogens with zero attached hydrogens (tertiary/aromatic N) is 1. The highest BCUT2D eigenvalue weighted by Gasteiger charge is 2.30. The maximum absolute atomic E-state index is 13.8. The van der Waals surface area contributed by atoms with Crippen molar-refractivity contribution in [2.45, 2.75) is 17.1 Å². The van der Waals surface area contributed by atoms with E-state index in [0.717, 1.165) is 30.0 Å². The Morgan fingerprint density at radius 3 is 2.79 bits per heavy atom. The summed E-state index contributed by atoms with van der Waals surface area (Å²) in [6.45, 7) is 1.50. The Morgan fingerprint density at radius 2 is 2.00 bits per heavy atom. The van der Waals surface area contributed by atoms with Gasteiger partial charge < -0.3 is 5.32 Å². The molecule has 1 aliphatic heterocycles. The minimum absolute atomic E-state index is 0.0607. The number of carbonyl (C=O) groups is 2. The average molecular weight is 348 g/mol. The first-order valence-electron chi connectivity index (χ1n) is 7.27. The highest BCUT2D eigenvalue weighted by molar-refractivity contribution is 8.00. The molecule has 0 fully saturated rings. The number of nitrogens with one attached hydrogen (secondary N) is 1. The lowest BCUT2D eigenvalue weighted by Gasteiger charge is -2.30. The molecule has 2 aromatic rings. The van der Waals surface area contributed by atoms with Gasteiger partial charge in [-0.3, -0.25) is 14.5 Å². The zero-order valence-corrected chi connectivity index (χ0v) is 13.6. The minimum atomic E-state index is -0.680. The molecule has 4 nitrogen and oxygen atoms in total. The number of hydrogen-bond donors (Lipinski definition) is 1. The Kier molecular flexibility index (Phi) is 4.53. The number of anilines is 2. The Bertz CT molecular complexity index is 813. The summed E-state index contributed by atoms with van der Waals surface area (Å²) < 4.78 is 27.0. The average Bonchev–Trinajstić information content (AvgIpc) is 2.56. The zero-order valence-electron chi connectivity index (χ0n) is 12.8. The molecule has 0 saturated carbocycles. The lowest BCUT2D eigenvalue weighted by molar-refractivity contribution is -0.121. The molecule has 0 bridgehead atoms. The number of hydrogen-bond acceptors (Lipinski definition) is 3. The largest absolute Gasteiger partial charge is 0.323 e. The van der Waals surface area contributed by atoms with Crippen molar-refractivity contribution in [2.24, 2.45) is 0 Å². The van der Waals surface area contributed by atoms with Gasteiger partial charge in [-0.1, -0.05) is 12.1 Å². The third-order valence-electron chi connectivity index (χ3n) is 3.58. The molecule has 2 amide bonds. The van der Waals surface area contributed by atoms with Crippen LogP contribution in [0.2, 0.25) is 0 Å². The van der Waals surface area contributed by atoms with Crippen molar-refractivity contribution in [3.8, 4) is 0 Å². The summed E-state index contributed by atoms with van der Waals surface area (Å²) in [7, 11) is 0. The van der Waals surface area contributed by atoms with Crippen molar-refractivity contribution in [3.05, 3.63) is 54.1 Å². The van der Waals surface area contributed by atoms with Gasteiger partial charge in [0.25, 0.3) is 0 Å². The summed E-state index contributed by atoms with van der Waals surface area (Å²) >= 11 is 0.924. The van der Waals surface area contributed by atoms with E-state index in [1.807, 2.05) is 0 Å². The van der Waals surface area contributed by atoms with Crippen molar-refractivity contribution in [2.75, 3.05) is 16.8 Å². The van der Waals surface area contributed by atoms with E-state index in [2.05, 4.69) is 5.32 Å². The number of fused-ring (bicyclic) bond motifs is 1. The molecule has 124 valence electrons. The van der Waals surface area contributed by atoms with E-state index in [9.17, 15) is 18.4 Å². The zero-order chi connectivity index (χ0) is 17.3. The molecule has 7 heteroatoms. The van der Waals surface area contributed by atoms with E-state index < -0.39 is 16.9 Å². The Labute approximate surface area is 141 Å². The second-order valence-corrected chi connectivity index (χ2v) is 6.71. The van der Waals surface area contributed by atoms with Crippen LogP contribution in [0.15, 0.2) is 47.4 Å². The molecule has 1 N–H and O–H groups in total. The van der Waals surface area contributed by atoms with Gasteiger partial charge in [-0.15, -0.1) is 11.8 Å². The van der Waals surface area contributed by atoms with Crippen molar-refractivity contribution in [3.63, 3.8) is 0 Å². The predicted molar refractivity (Wildman–Crippen MR) is 89.1 cm³/mol. The molecule has 1 atom stereocenters. The van der Waals surface area contributed by atoms with Crippen LogP contribution in [0.1, 0.15) is 6.92 Å². The molecule has 0 radical (unpaired) electrons. The smallest absolute Gasteiger partial charge is 0.244 e. The van der Waals surface area contributed by atoms with Gasteiger partial charge in [0.1, 0.15) is 18.2 Å². The number of amides is 2. The Morgan fingerprint density at radius 1 is 1.25 bits per heavy atom. The second kappa shape index (κ2) is 6.60. The Hall–Kier alpha value is -2.41. The second-order valence-electron chi connectivity index (χ2n) is 5.32. The van der Waals surface area contributed by atoms with E-state index >= 15 is 0 Å². The highest BCUT2D eigenvalue weighted by Crippen LogP contribution is 2.33. The van der Waals surface area contributed by atoms with Gasteiger partial charge in [-0.25, -0.2) is 8.78 Å². The number of para-hydroxylation sites is 2. The predicted octanol–water partition coefficient (Wildman–Crippen LogP) is 3.43. The fraction of sp³-hybridized carbons (Fsp3) is 0.176. The Balaban J connectivity index is 1.83. The van der Waals surface area contributed by atoms with E-state index in [1.165, 1.54) is 4.90 Å². The van der Waals surface area contributed by atoms with Crippen molar-refractivity contribution < 1.29 is 18.4 Å². The molecule has 0 aromatic heterocycles. The minimum Gasteiger partial charge on any atom is -0.323 e. The van der Waals surface area contributed by atoms with Gasteiger partial charge in [-0.05, 0) is 37.3 Å². The van der Waals surface area contributed by atoms with Gasteiger partial charge in [0.05, 0.1) is 16.6 Å². The maximum Gasteiger partial charge on any atom is 0.244 e. The summed E-state index contributed by atoms with van der Waals surface area (Å²) in [5.41, 5.74) is 1.14. The normalized spacial score (nSPS) is 14.8. The van der Waals surface area contributed by atoms with Gasteiger partial charge in [-0.2, -0.15) is 0 Å². The summed E-state index contributed by atoms with van der Waals surface area (Å²) in [4.78, 5) is 25.9. The monoisotopic (exact) mass is 348 g/mol. The number of thioether (sulfide) groups is 1. The maximum atomic E-state index is 13.8. The molecule has 1 aliphatic rings. The first-order chi connectivity index (χ1) is 11.5. The van der Waals surface area contributed by atoms with Gasteiger partial charge in [0.15, 0.2) is 0 Å². The van der Waals surface area contributed by atoms with E-state index in [4.69, 9.17) is 0 Å². The van der Waals surface area contributed by atoms with Crippen LogP contribution in [0.3, 0.4) is 0 Å². The third-order valence-corrected chi connectivity index (χ3v) is 4.70. The number of halogens is 2. The molecule has 0 saturated heterocycles. The van der Waals surface area contributed by atoms with Crippen molar-refractivity contribution >= 4 is 35.0 Å². The molecule has 0 unspecified atom stereocenters. The highest BCUT2D eigenvalue weighted by atomic mass is 32.2. The van der Waals surface area contributed by atoms with E-state index in [-0.39, 0.29) is 23.3 Å². The van der Waals surface area contributed by atoms with Crippen LogP contribution in [0.5, 0.6) is 0 Å².